The number of carbonyl (C=O) groups is 1. The molecule has 1 atom stereocenters. The van der Waals surface area contributed by atoms with Crippen LogP contribution in [-0.4, -0.2) is 40.3 Å². The summed E-state index contributed by atoms with van der Waals surface area (Å²) in [6.45, 7) is 2.17. The summed E-state index contributed by atoms with van der Waals surface area (Å²) < 4.78 is 11.9. The van der Waals surface area contributed by atoms with E-state index in [1.807, 2.05) is 48.5 Å². The van der Waals surface area contributed by atoms with Crippen molar-refractivity contribution in [2.24, 2.45) is 0 Å². The Kier molecular flexibility index (Phi) is 6.61. The Bertz CT molecular complexity index is 975. The number of rotatable bonds is 8. The molecule has 1 heterocycles. The quantitative estimate of drug-likeness (QED) is 0.432. The minimum atomic E-state index is -0.403. The number of amides is 1. The number of hydrogen-bond acceptors (Lipinski definition) is 7. The van der Waals surface area contributed by atoms with Crippen LogP contribution >= 0.6 is 11.8 Å². The molecule has 0 aliphatic rings. The van der Waals surface area contributed by atoms with E-state index in [1.165, 1.54) is 16.4 Å². The van der Waals surface area contributed by atoms with Gasteiger partial charge in [0.2, 0.25) is 11.1 Å². The normalized spacial score (nSPS) is 11.7. The number of thioether (sulfide) groups is 1. The van der Waals surface area contributed by atoms with Crippen molar-refractivity contribution in [1.29, 1.82) is 0 Å². The molecule has 0 saturated heterocycles. The first-order valence-corrected chi connectivity index (χ1v) is 9.82. The zero-order valence-electron chi connectivity index (χ0n) is 16.5. The second-order valence-corrected chi connectivity index (χ2v) is 7.50. The van der Waals surface area contributed by atoms with E-state index in [-0.39, 0.29) is 5.91 Å². The van der Waals surface area contributed by atoms with Crippen LogP contribution in [0, 0.1) is 0 Å². The maximum atomic E-state index is 12.5. The lowest BCUT2D eigenvalue weighted by molar-refractivity contribution is -0.120. The summed E-state index contributed by atoms with van der Waals surface area (Å²) in [6.07, 6.45) is 0. The van der Waals surface area contributed by atoms with Gasteiger partial charge in [-0.2, -0.15) is 0 Å². The van der Waals surface area contributed by atoms with Crippen LogP contribution < -0.4 is 20.6 Å². The Hall–Kier alpha value is -3.20. The van der Waals surface area contributed by atoms with Gasteiger partial charge in [-0.15, -0.1) is 10.2 Å². The van der Waals surface area contributed by atoms with Crippen molar-refractivity contribution in [3.63, 3.8) is 0 Å². The average Bonchev–Trinajstić information content (AvgIpc) is 3.12. The first kappa shape index (κ1) is 20.5. The van der Waals surface area contributed by atoms with E-state index in [0.717, 1.165) is 22.6 Å². The van der Waals surface area contributed by atoms with Crippen LogP contribution in [0.5, 0.6) is 11.5 Å². The third kappa shape index (κ3) is 4.80. The molecule has 0 bridgehead atoms. The number of nitrogens with one attached hydrogen (secondary N) is 1. The van der Waals surface area contributed by atoms with E-state index in [1.54, 1.807) is 21.1 Å². The Labute approximate surface area is 173 Å². The Balaban J connectivity index is 1.63. The lowest BCUT2D eigenvalue weighted by Crippen LogP contribution is -2.31. The molecule has 9 heteroatoms. The van der Waals surface area contributed by atoms with Gasteiger partial charge in [0.15, 0.2) is 5.82 Å². The number of ether oxygens (including phenoxy) is 2. The smallest absolute Gasteiger partial charge is 0.233 e. The highest BCUT2D eigenvalue weighted by Crippen LogP contribution is 2.26. The van der Waals surface area contributed by atoms with E-state index >= 15 is 0 Å². The van der Waals surface area contributed by atoms with Gasteiger partial charge in [0.25, 0.3) is 0 Å². The highest BCUT2D eigenvalue weighted by atomic mass is 32.2. The number of methoxy groups -OCH3 is 2. The molecule has 0 spiro atoms. The summed E-state index contributed by atoms with van der Waals surface area (Å²) in [4.78, 5) is 12.5. The van der Waals surface area contributed by atoms with Crippen molar-refractivity contribution < 1.29 is 14.3 Å². The second kappa shape index (κ2) is 9.33. The minimum Gasteiger partial charge on any atom is -0.497 e. The van der Waals surface area contributed by atoms with E-state index in [0.29, 0.717) is 17.5 Å². The summed E-state index contributed by atoms with van der Waals surface area (Å²) in [5, 5.41) is 11.2. The number of nitrogen functional groups attached to an aromatic ring is 1. The number of nitrogens with zero attached hydrogens (tertiary/aromatic N) is 3. The van der Waals surface area contributed by atoms with Gasteiger partial charge in [-0.25, -0.2) is 4.68 Å². The highest BCUT2D eigenvalue weighted by molar-refractivity contribution is 8.00. The molecule has 29 heavy (non-hydrogen) atoms. The van der Waals surface area contributed by atoms with Gasteiger partial charge in [-0.05, 0) is 37.3 Å². The van der Waals surface area contributed by atoms with Crippen molar-refractivity contribution in [2.75, 3.05) is 20.1 Å². The topological polar surface area (TPSA) is 104 Å². The summed E-state index contributed by atoms with van der Waals surface area (Å²) in [6, 6.07) is 14.9. The summed E-state index contributed by atoms with van der Waals surface area (Å²) >= 11 is 1.24. The minimum absolute atomic E-state index is 0.130. The molecule has 3 rings (SSSR count). The molecule has 2 aromatic carbocycles. The van der Waals surface area contributed by atoms with Crippen molar-refractivity contribution in [2.45, 2.75) is 23.9 Å². The maximum absolute atomic E-state index is 12.5. The first-order chi connectivity index (χ1) is 14.0. The monoisotopic (exact) mass is 413 g/mol. The zero-order chi connectivity index (χ0) is 20.8. The third-order valence-corrected chi connectivity index (χ3v) is 5.37. The summed E-state index contributed by atoms with van der Waals surface area (Å²) in [5.74, 6) is 8.01. The molecule has 3 aromatic rings. The standard InChI is InChI=1S/C20H23N5O3S/c1-13(19(26)22-12-15-6-4-5-7-17(15)28-3)29-20-24-23-18(25(20)21)14-8-10-16(27-2)11-9-14/h4-11,13H,12,21H2,1-3H3,(H,22,26). The molecular weight excluding hydrogens is 390 g/mol. The van der Waals surface area contributed by atoms with Crippen LogP contribution in [0.3, 0.4) is 0 Å². The van der Waals surface area contributed by atoms with Crippen LogP contribution in [0.4, 0.5) is 0 Å². The number of carbonyl (C=O) groups excluding carboxylic acids is 1. The third-order valence-electron chi connectivity index (χ3n) is 4.31. The predicted molar refractivity (Wildman–Crippen MR) is 112 cm³/mol. The molecule has 1 unspecified atom stereocenters. The first-order valence-electron chi connectivity index (χ1n) is 8.94. The van der Waals surface area contributed by atoms with E-state index in [4.69, 9.17) is 15.3 Å². The molecule has 3 N–H and O–H groups in total. The van der Waals surface area contributed by atoms with Gasteiger partial charge < -0.3 is 20.6 Å². The molecule has 0 saturated carbocycles. The van der Waals surface area contributed by atoms with Gasteiger partial charge in [0, 0.05) is 17.7 Å². The Morgan fingerprint density at radius 3 is 2.55 bits per heavy atom. The molecule has 8 nitrogen and oxygen atoms in total. The fraction of sp³-hybridized carbons (Fsp3) is 0.250. The SMILES string of the molecule is COc1ccc(-c2nnc(SC(C)C(=O)NCc3ccccc3OC)n2N)cc1. The van der Waals surface area contributed by atoms with Gasteiger partial charge in [0.05, 0.1) is 19.5 Å². The zero-order valence-corrected chi connectivity index (χ0v) is 17.3. The van der Waals surface area contributed by atoms with E-state index in [2.05, 4.69) is 15.5 Å². The van der Waals surface area contributed by atoms with Crippen molar-refractivity contribution in [3.05, 3.63) is 54.1 Å². The number of hydrogen-bond donors (Lipinski definition) is 2. The van der Waals surface area contributed by atoms with Crippen LogP contribution in [0.25, 0.3) is 11.4 Å². The fourth-order valence-corrected chi connectivity index (χ4v) is 3.48. The number of para-hydroxylation sites is 1. The molecule has 0 aliphatic carbocycles. The van der Waals surface area contributed by atoms with Crippen molar-refractivity contribution >= 4 is 17.7 Å². The van der Waals surface area contributed by atoms with Crippen LogP contribution in [0.2, 0.25) is 0 Å². The van der Waals surface area contributed by atoms with Gasteiger partial charge in [-0.3, -0.25) is 4.79 Å². The van der Waals surface area contributed by atoms with Crippen molar-refractivity contribution in [1.82, 2.24) is 20.2 Å². The highest BCUT2D eigenvalue weighted by Gasteiger charge is 2.20. The van der Waals surface area contributed by atoms with Crippen LogP contribution in [0.1, 0.15) is 12.5 Å². The Morgan fingerprint density at radius 1 is 1.14 bits per heavy atom. The Morgan fingerprint density at radius 2 is 1.86 bits per heavy atom. The van der Waals surface area contributed by atoms with Gasteiger partial charge >= 0.3 is 0 Å². The van der Waals surface area contributed by atoms with Crippen LogP contribution in [-0.2, 0) is 11.3 Å². The molecule has 0 fully saturated rings. The lowest BCUT2D eigenvalue weighted by atomic mass is 10.2. The largest absolute Gasteiger partial charge is 0.497 e. The lowest BCUT2D eigenvalue weighted by Gasteiger charge is -2.13. The summed E-state index contributed by atoms with van der Waals surface area (Å²) in [5.41, 5.74) is 1.71. The summed E-state index contributed by atoms with van der Waals surface area (Å²) in [7, 11) is 3.21. The molecular formula is C20H23N5O3S. The van der Waals surface area contributed by atoms with Gasteiger partial charge in [-0.1, -0.05) is 30.0 Å². The number of benzene rings is 2. The molecule has 1 aromatic heterocycles. The number of aromatic nitrogens is 3. The molecule has 0 radical (unpaired) electrons. The van der Waals surface area contributed by atoms with Crippen molar-refractivity contribution in [3.8, 4) is 22.9 Å². The molecule has 1 amide bonds. The average molecular weight is 414 g/mol. The van der Waals surface area contributed by atoms with Gasteiger partial charge in [0.1, 0.15) is 11.5 Å². The molecule has 152 valence electrons. The van der Waals surface area contributed by atoms with E-state index in [9.17, 15) is 4.79 Å². The fourth-order valence-electron chi connectivity index (χ4n) is 2.68. The molecule has 0 aliphatic heterocycles. The maximum Gasteiger partial charge on any atom is 0.233 e. The van der Waals surface area contributed by atoms with Crippen LogP contribution in [0.15, 0.2) is 53.7 Å². The predicted octanol–water partition coefficient (Wildman–Crippen LogP) is 2.47. The number of nitrogens with two attached hydrogens (primary N) is 1. The second-order valence-electron chi connectivity index (χ2n) is 6.19. The van der Waals surface area contributed by atoms with E-state index < -0.39 is 5.25 Å².